The zero-order valence-corrected chi connectivity index (χ0v) is 13.8. The minimum atomic E-state index is -0.135. The van der Waals surface area contributed by atoms with Gasteiger partial charge < -0.3 is 15.4 Å². The van der Waals surface area contributed by atoms with Crippen molar-refractivity contribution in [2.75, 3.05) is 12.4 Å². The van der Waals surface area contributed by atoms with Crippen molar-refractivity contribution >= 4 is 11.7 Å². The number of rotatable bonds is 6. The number of aromatic nitrogens is 2. The Morgan fingerprint density at radius 2 is 2.04 bits per heavy atom. The molecule has 1 aliphatic carbocycles. The van der Waals surface area contributed by atoms with E-state index in [2.05, 4.69) is 20.6 Å². The van der Waals surface area contributed by atoms with E-state index in [9.17, 15) is 4.79 Å². The van der Waals surface area contributed by atoms with Crippen molar-refractivity contribution in [1.29, 1.82) is 0 Å². The fourth-order valence-electron chi connectivity index (χ4n) is 2.94. The fraction of sp³-hybridized carbons (Fsp3) is 0.389. The van der Waals surface area contributed by atoms with Crippen LogP contribution >= 0.6 is 0 Å². The third-order valence-corrected chi connectivity index (χ3v) is 4.24. The van der Waals surface area contributed by atoms with Crippen molar-refractivity contribution in [2.24, 2.45) is 0 Å². The molecule has 2 N–H and O–H groups in total. The molecule has 0 bridgehead atoms. The van der Waals surface area contributed by atoms with Crippen LogP contribution in [0.1, 0.15) is 41.7 Å². The number of benzene rings is 1. The third kappa shape index (κ3) is 4.01. The lowest BCUT2D eigenvalue weighted by Gasteiger charge is -2.12. The van der Waals surface area contributed by atoms with Gasteiger partial charge in [0.2, 0.25) is 0 Å². The van der Waals surface area contributed by atoms with Gasteiger partial charge in [-0.2, -0.15) is 0 Å². The van der Waals surface area contributed by atoms with Crippen molar-refractivity contribution in [3.63, 3.8) is 0 Å². The van der Waals surface area contributed by atoms with Crippen LogP contribution in [-0.2, 0) is 6.54 Å². The number of hydrogen-bond donors (Lipinski definition) is 2. The SMILES string of the molecule is COc1ccccc1CNc1cc(C(=O)NC2CCCC2)ncn1. The van der Waals surface area contributed by atoms with Crippen molar-refractivity contribution in [3.8, 4) is 5.75 Å². The predicted molar refractivity (Wildman–Crippen MR) is 92.1 cm³/mol. The molecule has 1 amide bonds. The number of nitrogens with zero attached hydrogens (tertiary/aromatic N) is 2. The van der Waals surface area contributed by atoms with Gasteiger partial charge in [-0.3, -0.25) is 4.79 Å². The van der Waals surface area contributed by atoms with Gasteiger partial charge in [-0.25, -0.2) is 9.97 Å². The number of hydrogen-bond acceptors (Lipinski definition) is 5. The van der Waals surface area contributed by atoms with Gasteiger partial charge in [-0.1, -0.05) is 31.0 Å². The summed E-state index contributed by atoms with van der Waals surface area (Å²) in [6, 6.07) is 9.74. The van der Waals surface area contributed by atoms with E-state index in [0.717, 1.165) is 24.2 Å². The fourth-order valence-corrected chi connectivity index (χ4v) is 2.94. The molecule has 0 radical (unpaired) electrons. The first-order valence-corrected chi connectivity index (χ1v) is 8.25. The average Bonchev–Trinajstić information content (AvgIpc) is 3.13. The number of amides is 1. The summed E-state index contributed by atoms with van der Waals surface area (Å²) >= 11 is 0. The Labute approximate surface area is 141 Å². The monoisotopic (exact) mass is 326 g/mol. The lowest BCUT2D eigenvalue weighted by molar-refractivity contribution is 0.0932. The van der Waals surface area contributed by atoms with E-state index < -0.39 is 0 Å². The molecular formula is C18H22N4O2. The number of carbonyl (C=O) groups is 1. The summed E-state index contributed by atoms with van der Waals surface area (Å²) in [7, 11) is 1.65. The smallest absolute Gasteiger partial charge is 0.270 e. The minimum Gasteiger partial charge on any atom is -0.496 e. The lowest BCUT2D eigenvalue weighted by Crippen LogP contribution is -2.33. The number of methoxy groups -OCH3 is 1. The van der Waals surface area contributed by atoms with Crippen molar-refractivity contribution in [1.82, 2.24) is 15.3 Å². The predicted octanol–water partition coefficient (Wildman–Crippen LogP) is 2.77. The molecule has 1 heterocycles. The van der Waals surface area contributed by atoms with Crippen LogP contribution in [0.15, 0.2) is 36.7 Å². The summed E-state index contributed by atoms with van der Waals surface area (Å²) in [6.07, 6.45) is 5.88. The number of nitrogens with one attached hydrogen (secondary N) is 2. The van der Waals surface area contributed by atoms with Crippen molar-refractivity contribution < 1.29 is 9.53 Å². The number of carbonyl (C=O) groups excluding carboxylic acids is 1. The molecule has 1 aromatic carbocycles. The maximum absolute atomic E-state index is 12.3. The van der Waals surface area contributed by atoms with E-state index >= 15 is 0 Å². The molecule has 126 valence electrons. The first-order valence-electron chi connectivity index (χ1n) is 8.25. The van der Waals surface area contributed by atoms with Gasteiger partial charge in [0.25, 0.3) is 5.91 Å². The first kappa shape index (κ1) is 16.2. The molecule has 0 saturated heterocycles. The lowest BCUT2D eigenvalue weighted by atomic mass is 10.2. The van der Waals surface area contributed by atoms with Crippen LogP contribution in [0.2, 0.25) is 0 Å². The molecule has 2 aromatic rings. The summed E-state index contributed by atoms with van der Waals surface area (Å²) in [4.78, 5) is 20.5. The maximum Gasteiger partial charge on any atom is 0.270 e. The molecule has 0 atom stereocenters. The quantitative estimate of drug-likeness (QED) is 0.853. The maximum atomic E-state index is 12.3. The molecule has 3 rings (SSSR count). The van der Waals surface area contributed by atoms with E-state index in [1.807, 2.05) is 24.3 Å². The molecule has 6 heteroatoms. The number of ether oxygens (including phenoxy) is 1. The first-order chi connectivity index (χ1) is 11.8. The molecule has 1 aromatic heterocycles. The molecule has 1 aliphatic rings. The van der Waals surface area contributed by atoms with Gasteiger partial charge in [-0.05, 0) is 18.9 Å². The van der Waals surface area contributed by atoms with Crippen LogP contribution in [0.25, 0.3) is 0 Å². The zero-order valence-electron chi connectivity index (χ0n) is 13.8. The van der Waals surface area contributed by atoms with Crippen LogP contribution in [0, 0.1) is 0 Å². The topological polar surface area (TPSA) is 76.1 Å². The van der Waals surface area contributed by atoms with E-state index in [0.29, 0.717) is 18.1 Å². The van der Waals surface area contributed by atoms with Crippen molar-refractivity contribution in [3.05, 3.63) is 47.9 Å². The highest BCUT2D eigenvalue weighted by molar-refractivity contribution is 5.93. The van der Waals surface area contributed by atoms with Crippen molar-refractivity contribution in [2.45, 2.75) is 38.3 Å². The molecule has 0 aliphatic heterocycles. The van der Waals surface area contributed by atoms with Crippen LogP contribution < -0.4 is 15.4 Å². The van der Waals surface area contributed by atoms with E-state index in [1.165, 1.54) is 19.2 Å². The van der Waals surface area contributed by atoms with Gasteiger partial charge in [-0.15, -0.1) is 0 Å². The van der Waals surface area contributed by atoms with Crippen LogP contribution in [-0.4, -0.2) is 29.0 Å². The van der Waals surface area contributed by atoms with E-state index in [4.69, 9.17) is 4.74 Å². The molecule has 1 saturated carbocycles. The highest BCUT2D eigenvalue weighted by Crippen LogP contribution is 2.19. The summed E-state index contributed by atoms with van der Waals surface area (Å²) in [6.45, 7) is 0.560. The Morgan fingerprint density at radius 3 is 2.83 bits per heavy atom. The Bertz CT molecular complexity index is 699. The Balaban J connectivity index is 1.63. The summed E-state index contributed by atoms with van der Waals surface area (Å²) < 4.78 is 5.33. The van der Waals surface area contributed by atoms with Gasteiger partial charge in [0.15, 0.2) is 0 Å². The van der Waals surface area contributed by atoms with Crippen LogP contribution in [0.3, 0.4) is 0 Å². The van der Waals surface area contributed by atoms with Gasteiger partial charge >= 0.3 is 0 Å². The third-order valence-electron chi connectivity index (χ3n) is 4.24. The second kappa shape index (κ2) is 7.77. The normalized spacial score (nSPS) is 14.4. The molecule has 24 heavy (non-hydrogen) atoms. The van der Waals surface area contributed by atoms with Gasteiger partial charge in [0, 0.05) is 24.2 Å². The highest BCUT2D eigenvalue weighted by Gasteiger charge is 2.18. The molecule has 6 nitrogen and oxygen atoms in total. The molecular weight excluding hydrogens is 304 g/mol. The minimum absolute atomic E-state index is 0.135. The van der Waals surface area contributed by atoms with E-state index in [-0.39, 0.29) is 11.9 Å². The Kier molecular flexibility index (Phi) is 5.25. The van der Waals surface area contributed by atoms with Gasteiger partial charge in [0.05, 0.1) is 7.11 Å². The summed E-state index contributed by atoms with van der Waals surface area (Å²) in [5.74, 6) is 1.30. The standard InChI is InChI=1S/C18H22N4O2/c1-24-16-9-5-2-6-13(16)11-19-17-10-15(20-12-21-17)18(23)22-14-7-3-4-8-14/h2,5-6,9-10,12,14H,3-4,7-8,11H2,1H3,(H,22,23)(H,19,20,21). The summed E-state index contributed by atoms with van der Waals surface area (Å²) in [5.41, 5.74) is 1.41. The Morgan fingerprint density at radius 1 is 1.25 bits per heavy atom. The summed E-state index contributed by atoms with van der Waals surface area (Å²) in [5, 5.41) is 6.25. The largest absolute Gasteiger partial charge is 0.496 e. The number of anilines is 1. The molecule has 1 fully saturated rings. The second-order valence-electron chi connectivity index (χ2n) is 5.91. The van der Waals surface area contributed by atoms with Crippen LogP contribution in [0.5, 0.6) is 5.75 Å². The average molecular weight is 326 g/mol. The number of para-hydroxylation sites is 1. The van der Waals surface area contributed by atoms with Crippen LogP contribution in [0.4, 0.5) is 5.82 Å². The zero-order chi connectivity index (χ0) is 16.8. The molecule has 0 unspecified atom stereocenters. The Hall–Kier alpha value is -2.63. The molecule has 0 spiro atoms. The van der Waals surface area contributed by atoms with E-state index in [1.54, 1.807) is 13.2 Å². The second-order valence-corrected chi connectivity index (χ2v) is 5.91. The van der Waals surface area contributed by atoms with Gasteiger partial charge in [0.1, 0.15) is 23.6 Å². The highest BCUT2D eigenvalue weighted by atomic mass is 16.5.